The van der Waals surface area contributed by atoms with Crippen molar-refractivity contribution in [1.29, 1.82) is 0 Å². The van der Waals surface area contributed by atoms with Crippen molar-refractivity contribution in [2.24, 2.45) is 0 Å². The number of furan rings is 1. The molecule has 0 aliphatic rings. The number of rotatable bonds is 2. The largest absolute Gasteiger partial charge is 0.464 e. The first-order chi connectivity index (χ1) is 6.25. The van der Waals surface area contributed by atoms with Gasteiger partial charge in [-0.2, -0.15) is 0 Å². The topological polar surface area (TPSA) is 31.0 Å². The Kier molecular flexibility index (Phi) is 1.93. The lowest BCUT2D eigenvalue weighted by Crippen LogP contribution is -1.99. The summed E-state index contributed by atoms with van der Waals surface area (Å²) in [5, 5.41) is 0. The van der Waals surface area contributed by atoms with E-state index in [9.17, 15) is 0 Å². The molecule has 0 fully saturated rings. The Balaban J connectivity index is 2.19. The number of aryl methyl sites for hydroxylation is 2. The van der Waals surface area contributed by atoms with E-state index in [0.717, 1.165) is 23.9 Å². The third kappa shape index (κ3) is 1.64. The van der Waals surface area contributed by atoms with Crippen LogP contribution in [0.2, 0.25) is 0 Å². The summed E-state index contributed by atoms with van der Waals surface area (Å²) in [6.45, 7) is 4.69. The Bertz CT molecular complexity index is 400. The molecule has 0 bridgehead atoms. The summed E-state index contributed by atoms with van der Waals surface area (Å²) in [6, 6.07) is 3.97. The Labute approximate surface area is 77.0 Å². The molecule has 2 aromatic rings. The third-order valence-corrected chi connectivity index (χ3v) is 2.05. The molecular formula is C10H12N2O. The van der Waals surface area contributed by atoms with Crippen LogP contribution >= 0.6 is 0 Å². The van der Waals surface area contributed by atoms with Gasteiger partial charge in [0.1, 0.15) is 17.3 Å². The lowest BCUT2D eigenvalue weighted by molar-refractivity contribution is 0.468. The molecule has 0 atom stereocenters. The summed E-state index contributed by atoms with van der Waals surface area (Å²) in [4.78, 5) is 4.14. The van der Waals surface area contributed by atoms with E-state index in [2.05, 4.69) is 9.55 Å². The van der Waals surface area contributed by atoms with E-state index in [1.807, 2.05) is 32.2 Å². The van der Waals surface area contributed by atoms with Crippen molar-refractivity contribution in [2.45, 2.75) is 20.4 Å². The SMILES string of the molecule is Cc1ccc(Cn2ccnc2C)o1. The first-order valence-corrected chi connectivity index (χ1v) is 4.29. The minimum absolute atomic E-state index is 0.764. The second-order valence-electron chi connectivity index (χ2n) is 3.11. The minimum atomic E-state index is 0.764. The molecule has 0 spiro atoms. The van der Waals surface area contributed by atoms with Crippen molar-refractivity contribution < 1.29 is 4.42 Å². The van der Waals surface area contributed by atoms with E-state index in [4.69, 9.17) is 4.42 Å². The predicted molar refractivity (Wildman–Crippen MR) is 49.5 cm³/mol. The van der Waals surface area contributed by atoms with Crippen LogP contribution in [0.3, 0.4) is 0 Å². The van der Waals surface area contributed by atoms with E-state index < -0.39 is 0 Å². The second-order valence-corrected chi connectivity index (χ2v) is 3.11. The molecule has 0 unspecified atom stereocenters. The Morgan fingerprint density at radius 3 is 2.77 bits per heavy atom. The molecule has 0 aliphatic heterocycles. The van der Waals surface area contributed by atoms with Crippen molar-refractivity contribution >= 4 is 0 Å². The first kappa shape index (κ1) is 8.10. The Morgan fingerprint density at radius 1 is 1.38 bits per heavy atom. The number of hydrogen-bond donors (Lipinski definition) is 0. The second kappa shape index (κ2) is 3.09. The van der Waals surface area contributed by atoms with Gasteiger partial charge in [-0.1, -0.05) is 0 Å². The summed E-state index contributed by atoms with van der Waals surface area (Å²) < 4.78 is 7.52. The number of nitrogens with zero attached hydrogens (tertiary/aromatic N) is 2. The molecule has 2 heterocycles. The van der Waals surface area contributed by atoms with Gasteiger partial charge in [0.2, 0.25) is 0 Å². The van der Waals surface area contributed by atoms with Gasteiger partial charge in [-0.25, -0.2) is 4.98 Å². The summed E-state index contributed by atoms with van der Waals surface area (Å²) in [5.41, 5.74) is 0. The van der Waals surface area contributed by atoms with Crippen molar-refractivity contribution in [3.63, 3.8) is 0 Å². The highest BCUT2D eigenvalue weighted by molar-refractivity contribution is 5.07. The zero-order valence-corrected chi connectivity index (χ0v) is 7.82. The summed E-state index contributed by atoms with van der Waals surface area (Å²) >= 11 is 0. The van der Waals surface area contributed by atoms with Crippen LogP contribution in [0.1, 0.15) is 17.3 Å². The van der Waals surface area contributed by atoms with Gasteiger partial charge in [-0.3, -0.25) is 0 Å². The maximum atomic E-state index is 5.46. The normalized spacial score (nSPS) is 10.6. The fourth-order valence-corrected chi connectivity index (χ4v) is 1.31. The van der Waals surface area contributed by atoms with Crippen LogP contribution in [0.15, 0.2) is 28.9 Å². The zero-order valence-electron chi connectivity index (χ0n) is 7.82. The summed E-state index contributed by atoms with van der Waals surface area (Å²) in [7, 11) is 0. The highest BCUT2D eigenvalue weighted by Gasteiger charge is 2.01. The maximum Gasteiger partial charge on any atom is 0.123 e. The van der Waals surface area contributed by atoms with E-state index in [1.54, 1.807) is 6.20 Å². The van der Waals surface area contributed by atoms with Gasteiger partial charge < -0.3 is 8.98 Å². The van der Waals surface area contributed by atoms with Crippen LogP contribution in [0.5, 0.6) is 0 Å². The minimum Gasteiger partial charge on any atom is -0.464 e. The molecule has 2 aromatic heterocycles. The van der Waals surface area contributed by atoms with E-state index in [1.165, 1.54) is 0 Å². The summed E-state index contributed by atoms with van der Waals surface area (Å²) in [5.74, 6) is 2.93. The number of aromatic nitrogens is 2. The van der Waals surface area contributed by atoms with Crippen molar-refractivity contribution in [3.05, 3.63) is 41.9 Å². The van der Waals surface area contributed by atoms with Crippen molar-refractivity contribution in [3.8, 4) is 0 Å². The zero-order chi connectivity index (χ0) is 9.26. The molecule has 0 saturated carbocycles. The van der Waals surface area contributed by atoms with Crippen LogP contribution in [-0.4, -0.2) is 9.55 Å². The quantitative estimate of drug-likeness (QED) is 0.702. The summed E-state index contributed by atoms with van der Waals surface area (Å²) in [6.07, 6.45) is 3.75. The number of imidazole rings is 1. The molecule has 0 N–H and O–H groups in total. The molecule has 3 heteroatoms. The van der Waals surface area contributed by atoms with E-state index in [-0.39, 0.29) is 0 Å². The van der Waals surface area contributed by atoms with Gasteiger partial charge in [0, 0.05) is 12.4 Å². The van der Waals surface area contributed by atoms with Gasteiger partial charge in [-0.05, 0) is 26.0 Å². The lowest BCUT2D eigenvalue weighted by atomic mass is 10.4. The van der Waals surface area contributed by atoms with Crippen LogP contribution in [0.25, 0.3) is 0 Å². The Hall–Kier alpha value is -1.51. The third-order valence-electron chi connectivity index (χ3n) is 2.05. The Morgan fingerprint density at radius 2 is 2.23 bits per heavy atom. The van der Waals surface area contributed by atoms with Crippen LogP contribution in [0.4, 0.5) is 0 Å². The molecule has 0 aromatic carbocycles. The van der Waals surface area contributed by atoms with Gasteiger partial charge in [0.05, 0.1) is 6.54 Å². The molecule has 0 radical (unpaired) electrons. The first-order valence-electron chi connectivity index (χ1n) is 4.29. The molecule has 13 heavy (non-hydrogen) atoms. The average molecular weight is 176 g/mol. The molecular weight excluding hydrogens is 164 g/mol. The molecule has 68 valence electrons. The number of hydrogen-bond acceptors (Lipinski definition) is 2. The highest BCUT2D eigenvalue weighted by atomic mass is 16.3. The molecule has 0 amide bonds. The van der Waals surface area contributed by atoms with Crippen LogP contribution in [0, 0.1) is 13.8 Å². The molecule has 0 aliphatic carbocycles. The lowest BCUT2D eigenvalue weighted by Gasteiger charge is -2.00. The maximum absolute atomic E-state index is 5.46. The predicted octanol–water partition coefficient (Wildman–Crippen LogP) is 2.14. The molecule has 0 saturated heterocycles. The van der Waals surface area contributed by atoms with E-state index in [0.29, 0.717) is 0 Å². The smallest absolute Gasteiger partial charge is 0.123 e. The average Bonchev–Trinajstić information content (AvgIpc) is 2.64. The molecule has 2 rings (SSSR count). The van der Waals surface area contributed by atoms with Crippen molar-refractivity contribution in [1.82, 2.24) is 9.55 Å². The fourth-order valence-electron chi connectivity index (χ4n) is 1.31. The van der Waals surface area contributed by atoms with Gasteiger partial charge in [0.15, 0.2) is 0 Å². The van der Waals surface area contributed by atoms with Gasteiger partial charge >= 0.3 is 0 Å². The van der Waals surface area contributed by atoms with Gasteiger partial charge in [0.25, 0.3) is 0 Å². The van der Waals surface area contributed by atoms with E-state index >= 15 is 0 Å². The fraction of sp³-hybridized carbons (Fsp3) is 0.300. The van der Waals surface area contributed by atoms with Crippen molar-refractivity contribution in [2.75, 3.05) is 0 Å². The van der Waals surface area contributed by atoms with Gasteiger partial charge in [-0.15, -0.1) is 0 Å². The molecule has 3 nitrogen and oxygen atoms in total. The monoisotopic (exact) mass is 176 g/mol. The highest BCUT2D eigenvalue weighted by Crippen LogP contribution is 2.09. The van der Waals surface area contributed by atoms with Crippen LogP contribution < -0.4 is 0 Å². The van der Waals surface area contributed by atoms with Crippen LogP contribution in [-0.2, 0) is 6.54 Å². The standard InChI is InChI=1S/C10H12N2O/c1-8-3-4-10(13-8)7-12-6-5-11-9(12)2/h3-6H,7H2,1-2H3.